The number of aliphatic hydroxyl groups is 1. The maximum Gasteiger partial charge on any atom is 0.411 e. The summed E-state index contributed by atoms with van der Waals surface area (Å²) in [5.74, 6) is -0.156. The van der Waals surface area contributed by atoms with Crippen molar-refractivity contribution in [2.24, 2.45) is 0 Å². The highest BCUT2D eigenvalue weighted by Crippen LogP contribution is 2.51. The molecule has 8 rings (SSSR count). The van der Waals surface area contributed by atoms with Gasteiger partial charge in [-0.05, 0) is 87.4 Å². The lowest BCUT2D eigenvalue weighted by Gasteiger charge is -2.45. The molecule has 0 spiro atoms. The van der Waals surface area contributed by atoms with Crippen LogP contribution < -0.4 is 21.5 Å². The number of nitrogens with zero attached hydrogens (tertiary/aromatic N) is 1. The number of amides is 2. The van der Waals surface area contributed by atoms with Crippen molar-refractivity contribution in [1.82, 2.24) is 10.3 Å². The molecule has 0 saturated carbocycles. The summed E-state index contributed by atoms with van der Waals surface area (Å²) in [5, 5.41) is 30.9. The minimum atomic E-state index is -0.875. The molecule has 2 amide bonds. The first-order valence-corrected chi connectivity index (χ1v) is 20.2. The smallest absolute Gasteiger partial charge is 0.411 e. The van der Waals surface area contributed by atoms with Crippen molar-refractivity contribution in [3.8, 4) is 16.9 Å². The van der Waals surface area contributed by atoms with Crippen LogP contribution in [0.1, 0.15) is 48.5 Å². The van der Waals surface area contributed by atoms with E-state index in [2.05, 4.69) is 57.0 Å². The number of H-pyrrole nitrogens is 1. The fourth-order valence-corrected chi connectivity index (χ4v) is 9.28. The molecule has 12 nitrogen and oxygen atoms in total. The van der Waals surface area contributed by atoms with E-state index < -0.39 is 12.2 Å². The predicted molar refractivity (Wildman–Crippen MR) is 222 cm³/mol. The van der Waals surface area contributed by atoms with E-state index in [0.717, 1.165) is 44.1 Å². The van der Waals surface area contributed by atoms with Crippen LogP contribution in [0.5, 0.6) is 5.75 Å². The molecule has 3 aliphatic heterocycles. The third kappa shape index (κ3) is 8.35. The number of quaternary nitrogens is 1. The standard InChI is InChI=1S/C44H46BrN5O7/c1-50(2)35-21-28(22-36(50)43-42(35)57-43)56-44(55)48-33-15-11-25(19-31(33)27-8-4-3-5-9-27)7-6-10-39(53)47-34-16-12-26(20-32(34)45)23-46-24-38(52)29-13-17-37(51)41-30(29)14-18-40(54)49-41/h3-5,8-9,11-20,28,35-36,38,42-43,46,52H,6-7,10,21-24H2,1-2H3,(H3-,47,48,49,51,53,54,55)/p+1/t28?,35-,36+,38-,42-,43+/m0/s1. The van der Waals surface area contributed by atoms with Crippen LogP contribution in [0.25, 0.3) is 22.0 Å². The Morgan fingerprint density at radius 2 is 1.67 bits per heavy atom. The Hall–Kier alpha value is -5.05. The van der Waals surface area contributed by atoms with Crippen molar-refractivity contribution < 1.29 is 33.8 Å². The molecular formula is C44H47BrN5O7+. The minimum absolute atomic E-state index is 0.0576. The van der Waals surface area contributed by atoms with Crippen molar-refractivity contribution in [2.45, 2.75) is 75.1 Å². The number of likely N-dealkylation sites (N-methyl/N-ethyl adjacent to an activating group) is 1. The number of hydrogen-bond donors (Lipinski definition) is 6. The van der Waals surface area contributed by atoms with E-state index in [4.69, 9.17) is 9.47 Å². The van der Waals surface area contributed by atoms with Crippen molar-refractivity contribution in [2.75, 3.05) is 31.3 Å². The van der Waals surface area contributed by atoms with E-state index in [9.17, 15) is 24.6 Å². The number of ether oxygens (including phenoxy) is 2. The first-order valence-electron chi connectivity index (χ1n) is 19.4. The number of phenols is 1. The van der Waals surface area contributed by atoms with Crippen molar-refractivity contribution in [3.63, 3.8) is 0 Å². The summed E-state index contributed by atoms with van der Waals surface area (Å²) >= 11 is 3.59. The summed E-state index contributed by atoms with van der Waals surface area (Å²) in [6.45, 7) is 0.706. The molecule has 2 bridgehead atoms. The van der Waals surface area contributed by atoms with Gasteiger partial charge in [0.15, 0.2) is 0 Å². The van der Waals surface area contributed by atoms with Gasteiger partial charge in [-0.15, -0.1) is 0 Å². The van der Waals surface area contributed by atoms with Crippen LogP contribution >= 0.6 is 15.9 Å². The van der Waals surface area contributed by atoms with Crippen molar-refractivity contribution >= 4 is 50.2 Å². The quantitative estimate of drug-likeness (QED) is 0.0560. The van der Waals surface area contributed by atoms with E-state index in [1.54, 1.807) is 12.1 Å². The van der Waals surface area contributed by atoms with Gasteiger partial charge in [-0.1, -0.05) is 48.5 Å². The van der Waals surface area contributed by atoms with Crippen LogP contribution in [0.15, 0.2) is 100 Å². The van der Waals surface area contributed by atoms with E-state index in [0.29, 0.717) is 72.4 Å². The first-order chi connectivity index (χ1) is 27.4. The number of halogens is 1. The van der Waals surface area contributed by atoms with E-state index in [1.807, 2.05) is 60.7 Å². The number of carbonyl (C=O) groups is 2. The Labute approximate surface area is 338 Å². The predicted octanol–water partition coefficient (Wildman–Crippen LogP) is 6.75. The number of aromatic hydroxyl groups is 1. The lowest BCUT2D eigenvalue weighted by molar-refractivity contribution is -0.938. The highest BCUT2D eigenvalue weighted by molar-refractivity contribution is 9.10. The molecule has 13 heteroatoms. The largest absolute Gasteiger partial charge is 0.506 e. The van der Waals surface area contributed by atoms with E-state index >= 15 is 0 Å². The lowest BCUT2D eigenvalue weighted by atomic mass is 9.96. The van der Waals surface area contributed by atoms with Gasteiger partial charge in [0.2, 0.25) is 11.5 Å². The molecule has 3 aliphatic rings. The highest BCUT2D eigenvalue weighted by atomic mass is 79.9. The number of aliphatic hydroxyl groups excluding tert-OH is 1. The number of nitrogens with one attached hydrogen (secondary N) is 4. The Kier molecular flexibility index (Phi) is 10.9. The fourth-order valence-electron chi connectivity index (χ4n) is 8.75. The summed E-state index contributed by atoms with van der Waals surface area (Å²) < 4.78 is 13.5. The van der Waals surface area contributed by atoms with Gasteiger partial charge < -0.3 is 39.8 Å². The second kappa shape index (κ2) is 16.1. The molecule has 296 valence electrons. The molecule has 6 N–H and O–H groups in total. The zero-order chi connectivity index (χ0) is 39.8. The number of phenolic OH excluding ortho intramolecular Hbond substituents is 1. The number of piperidine rings is 1. The number of aromatic nitrogens is 1. The lowest BCUT2D eigenvalue weighted by Crippen LogP contribution is -2.60. The number of epoxide rings is 1. The van der Waals surface area contributed by atoms with E-state index in [-0.39, 0.29) is 35.4 Å². The molecule has 4 aromatic carbocycles. The SMILES string of the molecule is C[N+]1(C)[C@@H]2CC(OC(=O)Nc3ccc(CCCC(=O)Nc4ccc(CNC[C@H](O)c5ccc(O)c6[nH]c(=O)ccc56)cc4Br)cc3-c3ccccc3)C[C@H]1[C@@H]1O[C@@H]12. The molecule has 57 heavy (non-hydrogen) atoms. The van der Waals surface area contributed by atoms with E-state index in [1.165, 1.54) is 12.1 Å². The summed E-state index contributed by atoms with van der Waals surface area (Å²) in [6.07, 6.45) is 2.36. The van der Waals surface area contributed by atoms with Gasteiger partial charge in [0.1, 0.15) is 36.1 Å². The van der Waals surface area contributed by atoms with Crippen molar-refractivity contribution in [3.05, 3.63) is 123 Å². The van der Waals surface area contributed by atoms with Crippen LogP contribution in [-0.2, 0) is 27.2 Å². The molecule has 1 unspecified atom stereocenters. The number of hydrogen-bond acceptors (Lipinski definition) is 8. The van der Waals surface area contributed by atoms with Crippen LogP contribution in [0.4, 0.5) is 16.2 Å². The molecule has 4 heterocycles. The Morgan fingerprint density at radius 3 is 2.42 bits per heavy atom. The number of carbonyl (C=O) groups excluding carboxylic acids is 2. The molecular weight excluding hydrogens is 790 g/mol. The molecule has 0 aliphatic carbocycles. The molecule has 3 saturated heterocycles. The average molecular weight is 838 g/mol. The van der Waals surface area contributed by atoms with Gasteiger partial charge >= 0.3 is 6.09 Å². The van der Waals surface area contributed by atoms with Crippen LogP contribution in [-0.4, -0.2) is 82.7 Å². The van der Waals surface area contributed by atoms with Crippen molar-refractivity contribution in [1.29, 1.82) is 0 Å². The molecule has 6 atom stereocenters. The Balaban J connectivity index is 0.822. The second-order valence-electron chi connectivity index (χ2n) is 15.8. The molecule has 0 radical (unpaired) electrons. The molecule has 3 fully saturated rings. The zero-order valence-corrected chi connectivity index (χ0v) is 33.4. The summed E-state index contributed by atoms with van der Waals surface area (Å²) in [7, 11) is 4.51. The summed E-state index contributed by atoms with van der Waals surface area (Å²) in [5.41, 5.74) is 5.76. The van der Waals surface area contributed by atoms with Gasteiger partial charge in [-0.25, -0.2) is 4.79 Å². The van der Waals surface area contributed by atoms with Gasteiger partial charge in [0, 0.05) is 53.8 Å². The Morgan fingerprint density at radius 1 is 0.930 bits per heavy atom. The summed E-state index contributed by atoms with van der Waals surface area (Å²) in [4.78, 5) is 40.6. The minimum Gasteiger partial charge on any atom is -0.506 e. The monoisotopic (exact) mass is 836 g/mol. The number of fused-ring (bicyclic) bond motifs is 6. The number of aromatic amines is 1. The average Bonchev–Trinajstić information content (AvgIpc) is 3.96. The molecule has 1 aromatic heterocycles. The second-order valence-corrected chi connectivity index (χ2v) is 16.7. The Bertz CT molecular complexity index is 2350. The normalized spacial score (nSPS) is 22.1. The van der Waals surface area contributed by atoms with Gasteiger partial charge in [0.05, 0.1) is 37.1 Å². The maximum absolute atomic E-state index is 13.2. The van der Waals surface area contributed by atoms with Crippen LogP contribution in [0, 0.1) is 0 Å². The molecule has 5 aromatic rings. The number of anilines is 2. The van der Waals surface area contributed by atoms with Gasteiger partial charge in [-0.3, -0.25) is 14.9 Å². The summed E-state index contributed by atoms with van der Waals surface area (Å²) in [6, 6.07) is 28.3. The van der Waals surface area contributed by atoms with Gasteiger partial charge in [-0.2, -0.15) is 0 Å². The number of morpholine rings is 1. The number of aryl methyl sites for hydroxylation is 1. The van der Waals surface area contributed by atoms with Gasteiger partial charge in [0.25, 0.3) is 0 Å². The number of benzene rings is 4. The fraction of sp³-hybridized carbons (Fsp3) is 0.341. The number of rotatable bonds is 13. The third-order valence-electron chi connectivity index (χ3n) is 11.8. The zero-order valence-electron chi connectivity index (χ0n) is 31.8. The topological polar surface area (TPSA) is 165 Å². The third-order valence-corrected chi connectivity index (χ3v) is 12.5. The number of pyridine rings is 1. The van der Waals surface area contributed by atoms with Crippen LogP contribution in [0.3, 0.4) is 0 Å². The highest BCUT2D eigenvalue weighted by Gasteiger charge is 2.70. The maximum atomic E-state index is 13.2. The first kappa shape index (κ1) is 38.8. The van der Waals surface area contributed by atoms with Crippen LogP contribution in [0.2, 0.25) is 0 Å².